The standard InChI is InChI=1S/C20H29N5O2/c1-3-21-19(23-15-20(2,26)17-7-6-14-27-17)24-16-9-12-25(13-10-16)18-8-4-5-11-22-18/h4-8,11,14,16,26H,3,9-10,12-13,15H2,1-2H3,(H2,21,23,24). The van der Waals surface area contributed by atoms with Crippen molar-refractivity contribution < 1.29 is 9.52 Å². The molecule has 0 amide bonds. The Bertz CT molecular complexity index is 707. The molecule has 2 aromatic rings. The maximum atomic E-state index is 10.6. The number of rotatable bonds is 6. The van der Waals surface area contributed by atoms with Crippen LogP contribution in [0.2, 0.25) is 0 Å². The van der Waals surface area contributed by atoms with Gasteiger partial charge in [-0.15, -0.1) is 0 Å². The lowest BCUT2D eigenvalue weighted by molar-refractivity contribution is 0.0436. The maximum absolute atomic E-state index is 10.6. The zero-order valence-electron chi connectivity index (χ0n) is 16.1. The second-order valence-electron chi connectivity index (χ2n) is 7.04. The van der Waals surface area contributed by atoms with Gasteiger partial charge in [0, 0.05) is 31.9 Å². The molecule has 2 aromatic heterocycles. The third kappa shape index (κ3) is 5.23. The largest absolute Gasteiger partial charge is 0.466 e. The SMILES string of the molecule is CCNC(=NCC(C)(O)c1ccco1)NC1CCN(c2ccccn2)CC1. The van der Waals surface area contributed by atoms with Gasteiger partial charge in [-0.3, -0.25) is 0 Å². The summed E-state index contributed by atoms with van der Waals surface area (Å²) in [7, 11) is 0. The Morgan fingerprint density at radius 1 is 1.33 bits per heavy atom. The smallest absolute Gasteiger partial charge is 0.191 e. The van der Waals surface area contributed by atoms with Crippen LogP contribution in [0.3, 0.4) is 0 Å². The topological polar surface area (TPSA) is 85.9 Å². The zero-order chi connectivity index (χ0) is 19.1. The number of furan rings is 1. The average Bonchev–Trinajstić information content (AvgIpc) is 3.24. The fourth-order valence-electron chi connectivity index (χ4n) is 3.20. The number of pyridine rings is 1. The molecule has 1 saturated heterocycles. The number of piperidine rings is 1. The Kier molecular flexibility index (Phi) is 6.34. The molecule has 1 aliphatic heterocycles. The second kappa shape index (κ2) is 8.90. The molecule has 0 spiro atoms. The summed E-state index contributed by atoms with van der Waals surface area (Å²) in [5.41, 5.74) is -1.13. The van der Waals surface area contributed by atoms with E-state index < -0.39 is 5.60 Å². The van der Waals surface area contributed by atoms with Crippen molar-refractivity contribution in [3.8, 4) is 0 Å². The number of aliphatic imine (C=N–C) groups is 1. The lowest BCUT2D eigenvalue weighted by Gasteiger charge is -2.34. The minimum atomic E-state index is -1.13. The maximum Gasteiger partial charge on any atom is 0.191 e. The van der Waals surface area contributed by atoms with Crippen LogP contribution in [0.5, 0.6) is 0 Å². The van der Waals surface area contributed by atoms with E-state index in [0.29, 0.717) is 11.8 Å². The minimum absolute atomic E-state index is 0.225. The van der Waals surface area contributed by atoms with E-state index in [-0.39, 0.29) is 6.54 Å². The quantitative estimate of drug-likeness (QED) is 0.533. The molecule has 3 heterocycles. The Balaban J connectivity index is 1.55. The number of hydrogen-bond donors (Lipinski definition) is 3. The fourth-order valence-corrected chi connectivity index (χ4v) is 3.20. The van der Waals surface area contributed by atoms with E-state index in [1.54, 1.807) is 25.3 Å². The number of nitrogens with zero attached hydrogens (tertiary/aromatic N) is 3. The van der Waals surface area contributed by atoms with Crippen LogP contribution in [0.15, 0.2) is 52.2 Å². The molecule has 0 radical (unpaired) electrons. The molecular formula is C20H29N5O2. The molecule has 1 fully saturated rings. The van der Waals surface area contributed by atoms with Crippen LogP contribution in [0.1, 0.15) is 32.4 Å². The van der Waals surface area contributed by atoms with Crippen molar-refractivity contribution in [2.24, 2.45) is 4.99 Å². The Hall–Kier alpha value is -2.54. The number of hydrogen-bond acceptors (Lipinski definition) is 5. The van der Waals surface area contributed by atoms with Crippen LogP contribution in [-0.4, -0.2) is 48.3 Å². The Morgan fingerprint density at radius 2 is 2.15 bits per heavy atom. The summed E-state index contributed by atoms with van der Waals surface area (Å²) in [6, 6.07) is 9.89. The predicted molar refractivity (Wildman–Crippen MR) is 107 cm³/mol. The first kappa shape index (κ1) is 19.2. The van der Waals surface area contributed by atoms with Gasteiger partial charge in [-0.2, -0.15) is 0 Å². The molecular weight excluding hydrogens is 342 g/mol. The predicted octanol–water partition coefficient (Wildman–Crippen LogP) is 2.11. The van der Waals surface area contributed by atoms with Gasteiger partial charge in [0.2, 0.25) is 0 Å². The number of guanidine groups is 1. The first-order valence-corrected chi connectivity index (χ1v) is 9.55. The summed E-state index contributed by atoms with van der Waals surface area (Å²) < 4.78 is 5.32. The number of aromatic nitrogens is 1. The van der Waals surface area contributed by atoms with Crippen LogP contribution in [-0.2, 0) is 5.60 Å². The van der Waals surface area contributed by atoms with E-state index in [9.17, 15) is 5.11 Å². The zero-order valence-corrected chi connectivity index (χ0v) is 16.1. The number of aliphatic hydroxyl groups is 1. The van der Waals surface area contributed by atoms with Gasteiger partial charge in [0.25, 0.3) is 0 Å². The van der Waals surface area contributed by atoms with Crippen LogP contribution in [0.4, 0.5) is 5.82 Å². The Morgan fingerprint density at radius 3 is 2.78 bits per heavy atom. The molecule has 27 heavy (non-hydrogen) atoms. The van der Waals surface area contributed by atoms with Crippen molar-refractivity contribution in [3.63, 3.8) is 0 Å². The molecule has 7 heteroatoms. The van der Waals surface area contributed by atoms with Crippen LogP contribution in [0.25, 0.3) is 0 Å². The summed E-state index contributed by atoms with van der Waals surface area (Å²) in [4.78, 5) is 11.3. The average molecular weight is 371 g/mol. The molecule has 1 unspecified atom stereocenters. The molecule has 7 nitrogen and oxygen atoms in total. The molecule has 1 aliphatic rings. The van der Waals surface area contributed by atoms with Gasteiger partial charge in [0.05, 0.1) is 12.8 Å². The highest BCUT2D eigenvalue weighted by atomic mass is 16.4. The van der Waals surface area contributed by atoms with Gasteiger partial charge < -0.3 is 25.1 Å². The van der Waals surface area contributed by atoms with Crippen LogP contribution < -0.4 is 15.5 Å². The lowest BCUT2D eigenvalue weighted by Crippen LogP contribution is -2.49. The molecule has 0 aromatic carbocycles. The molecule has 0 aliphatic carbocycles. The van der Waals surface area contributed by atoms with E-state index in [2.05, 4.69) is 31.6 Å². The van der Waals surface area contributed by atoms with E-state index in [4.69, 9.17) is 4.42 Å². The molecule has 3 N–H and O–H groups in total. The highest BCUT2D eigenvalue weighted by molar-refractivity contribution is 5.80. The van der Waals surface area contributed by atoms with Gasteiger partial charge >= 0.3 is 0 Å². The molecule has 3 rings (SSSR count). The minimum Gasteiger partial charge on any atom is -0.466 e. The molecule has 0 bridgehead atoms. The first-order chi connectivity index (χ1) is 13.1. The second-order valence-corrected chi connectivity index (χ2v) is 7.04. The molecule has 0 saturated carbocycles. The van der Waals surface area contributed by atoms with Crippen molar-refractivity contribution >= 4 is 11.8 Å². The van der Waals surface area contributed by atoms with Crippen LogP contribution >= 0.6 is 0 Å². The van der Waals surface area contributed by atoms with Crippen molar-refractivity contribution in [1.29, 1.82) is 0 Å². The van der Waals surface area contributed by atoms with Gasteiger partial charge in [-0.05, 0) is 51.0 Å². The van der Waals surface area contributed by atoms with E-state index >= 15 is 0 Å². The first-order valence-electron chi connectivity index (χ1n) is 9.55. The van der Waals surface area contributed by atoms with Crippen LogP contribution in [0, 0.1) is 0 Å². The van der Waals surface area contributed by atoms with Gasteiger partial charge in [-0.1, -0.05) is 6.07 Å². The third-order valence-corrected chi connectivity index (χ3v) is 4.75. The van der Waals surface area contributed by atoms with Gasteiger partial charge in [0.1, 0.15) is 17.2 Å². The summed E-state index contributed by atoms with van der Waals surface area (Å²) in [5, 5.41) is 17.3. The van der Waals surface area contributed by atoms with E-state index in [0.717, 1.165) is 44.3 Å². The van der Waals surface area contributed by atoms with Gasteiger partial charge in [0.15, 0.2) is 5.96 Å². The fraction of sp³-hybridized carbons (Fsp3) is 0.500. The van der Waals surface area contributed by atoms with Gasteiger partial charge in [-0.25, -0.2) is 9.98 Å². The van der Waals surface area contributed by atoms with E-state index in [1.165, 1.54) is 0 Å². The van der Waals surface area contributed by atoms with Crippen molar-refractivity contribution in [1.82, 2.24) is 15.6 Å². The summed E-state index contributed by atoms with van der Waals surface area (Å²) in [6.07, 6.45) is 5.41. The summed E-state index contributed by atoms with van der Waals surface area (Å²) in [5.74, 6) is 2.28. The molecule has 146 valence electrons. The lowest BCUT2D eigenvalue weighted by atomic mass is 10.0. The summed E-state index contributed by atoms with van der Waals surface area (Å²) >= 11 is 0. The number of anilines is 1. The third-order valence-electron chi connectivity index (χ3n) is 4.75. The van der Waals surface area contributed by atoms with Crippen molar-refractivity contribution in [2.75, 3.05) is 31.1 Å². The van der Waals surface area contributed by atoms with E-state index in [1.807, 2.05) is 25.3 Å². The normalized spacial score (nSPS) is 18.2. The highest BCUT2D eigenvalue weighted by Crippen LogP contribution is 2.21. The summed E-state index contributed by atoms with van der Waals surface area (Å²) in [6.45, 7) is 6.65. The number of nitrogens with one attached hydrogen (secondary N) is 2. The molecule has 1 atom stereocenters. The van der Waals surface area contributed by atoms with Crippen molar-refractivity contribution in [2.45, 2.75) is 38.3 Å². The highest BCUT2D eigenvalue weighted by Gasteiger charge is 2.26. The Labute approximate surface area is 160 Å². The van der Waals surface area contributed by atoms with Crippen molar-refractivity contribution in [3.05, 3.63) is 48.6 Å². The monoisotopic (exact) mass is 371 g/mol.